The average molecular weight is 288 g/mol. The number of nitrogens with one attached hydrogen (secondary N) is 2. The fraction of sp³-hybridized carbons (Fsp3) is 0.611. The van der Waals surface area contributed by atoms with Crippen LogP contribution in [0.2, 0.25) is 0 Å². The zero-order chi connectivity index (χ0) is 15.3. The summed E-state index contributed by atoms with van der Waals surface area (Å²) in [6, 6.07) is 8.34. The van der Waals surface area contributed by atoms with Crippen LogP contribution in [0.15, 0.2) is 24.3 Å². The van der Waals surface area contributed by atoms with Gasteiger partial charge in [0.1, 0.15) is 0 Å². The van der Waals surface area contributed by atoms with E-state index in [0.29, 0.717) is 12.5 Å². The van der Waals surface area contributed by atoms with Crippen LogP contribution in [0.4, 0.5) is 0 Å². The molecule has 1 atom stereocenters. The average Bonchev–Trinajstić information content (AvgIpc) is 2.53. The molecule has 2 rings (SSSR count). The smallest absolute Gasteiger partial charge is 0.226 e. The number of rotatable bonds is 5. The number of amides is 1. The lowest BCUT2D eigenvalue weighted by Gasteiger charge is -2.36. The molecule has 1 amide bonds. The molecular formula is C18H28N2O. The van der Waals surface area contributed by atoms with Crippen molar-refractivity contribution in [2.75, 3.05) is 13.1 Å². The molecule has 3 heteroatoms. The summed E-state index contributed by atoms with van der Waals surface area (Å²) in [5.74, 6) is 0.592. The van der Waals surface area contributed by atoms with E-state index in [4.69, 9.17) is 0 Å². The van der Waals surface area contributed by atoms with Gasteiger partial charge in [-0.25, -0.2) is 0 Å². The van der Waals surface area contributed by atoms with Crippen molar-refractivity contribution < 1.29 is 4.79 Å². The minimum Gasteiger partial charge on any atom is -0.352 e. The van der Waals surface area contributed by atoms with Crippen LogP contribution in [0.5, 0.6) is 0 Å². The number of hydrogen-bond acceptors (Lipinski definition) is 2. The molecule has 1 aromatic rings. The maximum absolute atomic E-state index is 12.6. The molecule has 0 radical (unpaired) electrons. The van der Waals surface area contributed by atoms with Crippen molar-refractivity contribution in [2.45, 2.75) is 46.6 Å². The molecule has 1 aromatic carbocycles. The second kappa shape index (κ2) is 7.08. The van der Waals surface area contributed by atoms with E-state index in [1.54, 1.807) is 0 Å². The van der Waals surface area contributed by atoms with Crippen LogP contribution in [0.25, 0.3) is 0 Å². The predicted octanol–water partition coefficient (Wildman–Crippen LogP) is 2.89. The van der Waals surface area contributed by atoms with E-state index < -0.39 is 0 Å². The first-order chi connectivity index (χ1) is 10.1. The first kappa shape index (κ1) is 16.0. The van der Waals surface area contributed by atoms with Gasteiger partial charge in [-0.3, -0.25) is 4.79 Å². The first-order valence-electron chi connectivity index (χ1n) is 8.11. The maximum atomic E-state index is 12.6. The van der Waals surface area contributed by atoms with E-state index in [0.717, 1.165) is 25.9 Å². The van der Waals surface area contributed by atoms with Crippen LogP contribution in [0.3, 0.4) is 0 Å². The Morgan fingerprint density at radius 3 is 2.67 bits per heavy atom. The van der Waals surface area contributed by atoms with Crippen molar-refractivity contribution in [2.24, 2.45) is 11.3 Å². The zero-order valence-electron chi connectivity index (χ0n) is 13.5. The molecule has 0 aromatic heterocycles. The van der Waals surface area contributed by atoms with Crippen molar-refractivity contribution in [1.82, 2.24) is 10.6 Å². The Morgan fingerprint density at radius 1 is 1.33 bits per heavy atom. The number of carbonyl (C=O) groups is 1. The van der Waals surface area contributed by atoms with E-state index in [1.165, 1.54) is 17.5 Å². The van der Waals surface area contributed by atoms with Crippen molar-refractivity contribution >= 4 is 5.91 Å². The molecule has 1 unspecified atom stereocenters. The van der Waals surface area contributed by atoms with Gasteiger partial charge < -0.3 is 10.6 Å². The van der Waals surface area contributed by atoms with Crippen LogP contribution < -0.4 is 10.6 Å². The van der Waals surface area contributed by atoms with E-state index >= 15 is 0 Å². The Kier molecular flexibility index (Phi) is 5.40. The van der Waals surface area contributed by atoms with Crippen LogP contribution in [0.1, 0.15) is 44.7 Å². The van der Waals surface area contributed by atoms with E-state index in [-0.39, 0.29) is 11.3 Å². The lowest BCUT2D eigenvalue weighted by Crippen LogP contribution is -2.47. The van der Waals surface area contributed by atoms with Gasteiger partial charge in [0.15, 0.2) is 0 Å². The number of piperidine rings is 1. The highest BCUT2D eigenvalue weighted by Crippen LogP contribution is 2.32. The summed E-state index contributed by atoms with van der Waals surface area (Å²) in [4.78, 5) is 12.6. The fourth-order valence-electron chi connectivity index (χ4n) is 3.13. The van der Waals surface area contributed by atoms with Gasteiger partial charge in [-0.2, -0.15) is 0 Å². The minimum absolute atomic E-state index is 0.169. The third-order valence-corrected chi connectivity index (χ3v) is 4.84. The Morgan fingerprint density at radius 2 is 2.05 bits per heavy atom. The molecule has 0 saturated carbocycles. The molecule has 1 saturated heterocycles. The Labute approximate surface area is 128 Å². The summed E-state index contributed by atoms with van der Waals surface area (Å²) in [5, 5.41) is 6.55. The summed E-state index contributed by atoms with van der Waals surface area (Å²) in [6.45, 7) is 8.96. The van der Waals surface area contributed by atoms with Crippen LogP contribution in [-0.2, 0) is 17.8 Å². The zero-order valence-corrected chi connectivity index (χ0v) is 13.5. The Hall–Kier alpha value is -1.35. The number of hydrogen-bond donors (Lipinski definition) is 2. The lowest BCUT2D eigenvalue weighted by molar-refractivity contribution is -0.132. The van der Waals surface area contributed by atoms with Gasteiger partial charge in [-0.15, -0.1) is 0 Å². The summed E-state index contributed by atoms with van der Waals surface area (Å²) in [6.07, 6.45) is 3.31. The first-order valence-corrected chi connectivity index (χ1v) is 8.11. The van der Waals surface area contributed by atoms with Crippen molar-refractivity contribution in [3.05, 3.63) is 35.4 Å². The number of benzene rings is 1. The molecule has 0 spiro atoms. The monoisotopic (exact) mass is 288 g/mol. The molecule has 0 bridgehead atoms. The van der Waals surface area contributed by atoms with Gasteiger partial charge in [0.25, 0.3) is 0 Å². The maximum Gasteiger partial charge on any atom is 0.226 e. The molecule has 2 N–H and O–H groups in total. The van der Waals surface area contributed by atoms with Gasteiger partial charge in [-0.05, 0) is 49.4 Å². The highest BCUT2D eigenvalue weighted by atomic mass is 16.2. The number of carbonyl (C=O) groups excluding carboxylic acids is 1. The summed E-state index contributed by atoms with van der Waals surface area (Å²) in [7, 11) is 0. The molecular weight excluding hydrogens is 260 g/mol. The molecule has 3 nitrogen and oxygen atoms in total. The molecule has 116 valence electrons. The normalized spacial score (nSPS) is 19.3. The topological polar surface area (TPSA) is 41.1 Å². The Balaban J connectivity index is 1.97. The summed E-state index contributed by atoms with van der Waals surface area (Å²) >= 11 is 0. The minimum atomic E-state index is -0.311. The summed E-state index contributed by atoms with van der Waals surface area (Å²) < 4.78 is 0. The Bertz CT molecular complexity index is 476. The third-order valence-electron chi connectivity index (χ3n) is 4.84. The third kappa shape index (κ3) is 3.85. The second-order valence-corrected chi connectivity index (χ2v) is 6.57. The van der Waals surface area contributed by atoms with Gasteiger partial charge in [0, 0.05) is 12.0 Å². The molecule has 0 aliphatic carbocycles. The van der Waals surface area contributed by atoms with E-state index in [1.807, 2.05) is 6.07 Å². The van der Waals surface area contributed by atoms with Crippen LogP contribution in [0, 0.1) is 11.3 Å². The predicted molar refractivity (Wildman–Crippen MR) is 87.0 cm³/mol. The van der Waals surface area contributed by atoms with Crippen LogP contribution >= 0.6 is 0 Å². The summed E-state index contributed by atoms with van der Waals surface area (Å²) in [5.41, 5.74) is 2.23. The molecule has 1 aliphatic rings. The van der Waals surface area contributed by atoms with Crippen molar-refractivity contribution in [3.8, 4) is 0 Å². The molecule has 1 heterocycles. The highest BCUT2D eigenvalue weighted by molar-refractivity contribution is 5.82. The largest absolute Gasteiger partial charge is 0.352 e. The number of aryl methyl sites for hydroxylation is 1. The van der Waals surface area contributed by atoms with Crippen molar-refractivity contribution in [1.29, 1.82) is 0 Å². The van der Waals surface area contributed by atoms with Crippen molar-refractivity contribution in [3.63, 3.8) is 0 Å². The highest BCUT2D eigenvalue weighted by Gasteiger charge is 2.37. The van der Waals surface area contributed by atoms with Gasteiger partial charge in [-0.1, -0.05) is 45.0 Å². The van der Waals surface area contributed by atoms with Crippen LogP contribution in [-0.4, -0.2) is 19.0 Å². The quantitative estimate of drug-likeness (QED) is 0.874. The van der Waals surface area contributed by atoms with E-state index in [9.17, 15) is 4.79 Å². The van der Waals surface area contributed by atoms with E-state index in [2.05, 4.69) is 49.6 Å². The van der Waals surface area contributed by atoms with Gasteiger partial charge in [0.2, 0.25) is 5.91 Å². The molecule has 21 heavy (non-hydrogen) atoms. The second-order valence-electron chi connectivity index (χ2n) is 6.57. The van der Waals surface area contributed by atoms with Gasteiger partial charge in [0.05, 0.1) is 0 Å². The fourth-order valence-corrected chi connectivity index (χ4v) is 3.13. The standard InChI is InChI=1S/C18H28N2O/c1-4-14-8-5-6-9-15(14)12-20-17(21)18(2,3)16-10-7-11-19-13-16/h5-6,8-9,16,19H,4,7,10-13H2,1-3H3,(H,20,21). The lowest BCUT2D eigenvalue weighted by atomic mass is 9.74. The van der Waals surface area contributed by atoms with Gasteiger partial charge >= 0.3 is 0 Å². The molecule has 1 aliphatic heterocycles. The molecule has 1 fully saturated rings. The SMILES string of the molecule is CCc1ccccc1CNC(=O)C(C)(C)C1CCCNC1.